The van der Waals surface area contributed by atoms with Gasteiger partial charge in [0.15, 0.2) is 0 Å². The van der Waals surface area contributed by atoms with E-state index in [2.05, 4.69) is 10.7 Å². The fraction of sp³-hybridized carbons (Fsp3) is 0. The summed E-state index contributed by atoms with van der Waals surface area (Å²) in [5.41, 5.74) is 4.95. The molecule has 0 unspecified atom stereocenters. The zero-order valence-electron chi connectivity index (χ0n) is 10.1. The van der Waals surface area contributed by atoms with Gasteiger partial charge in [-0.2, -0.15) is 5.26 Å². The van der Waals surface area contributed by atoms with Gasteiger partial charge in [0.2, 0.25) is 0 Å². The maximum Gasteiger partial charge on any atom is 0.255 e. The van der Waals surface area contributed by atoms with Gasteiger partial charge in [0.05, 0.1) is 11.6 Å². The van der Waals surface area contributed by atoms with Crippen molar-refractivity contribution in [3.63, 3.8) is 0 Å². The van der Waals surface area contributed by atoms with Crippen molar-refractivity contribution in [2.45, 2.75) is 0 Å². The molecular weight excluding hydrogens is 240 g/mol. The summed E-state index contributed by atoms with van der Waals surface area (Å²) < 4.78 is 0. The van der Waals surface area contributed by atoms with Gasteiger partial charge in [-0.1, -0.05) is 0 Å². The molecule has 0 bridgehead atoms. The van der Waals surface area contributed by atoms with Crippen molar-refractivity contribution < 1.29 is 4.79 Å². The summed E-state index contributed by atoms with van der Waals surface area (Å²) in [6.07, 6.45) is 0. The minimum atomic E-state index is -0.215. The molecule has 2 aromatic carbocycles. The van der Waals surface area contributed by atoms with Crippen LogP contribution in [0.3, 0.4) is 0 Å². The van der Waals surface area contributed by atoms with Gasteiger partial charge >= 0.3 is 0 Å². The van der Waals surface area contributed by atoms with E-state index in [1.807, 2.05) is 6.07 Å². The van der Waals surface area contributed by atoms with Gasteiger partial charge in [-0.25, -0.2) is 0 Å². The molecule has 0 saturated carbocycles. The molecule has 0 spiro atoms. The zero-order chi connectivity index (χ0) is 13.7. The van der Waals surface area contributed by atoms with Gasteiger partial charge in [0, 0.05) is 16.9 Å². The first-order valence-electron chi connectivity index (χ1n) is 5.61. The van der Waals surface area contributed by atoms with E-state index in [-0.39, 0.29) is 5.91 Å². The normalized spacial score (nSPS) is 9.47. The molecule has 2 aromatic rings. The predicted octanol–water partition coefficient (Wildman–Crippen LogP) is 2.10. The van der Waals surface area contributed by atoms with E-state index in [4.69, 9.17) is 11.1 Å². The van der Waals surface area contributed by atoms with Crippen LogP contribution in [0.15, 0.2) is 48.5 Å². The van der Waals surface area contributed by atoms with Crippen LogP contribution >= 0.6 is 0 Å². The highest BCUT2D eigenvalue weighted by atomic mass is 16.1. The lowest BCUT2D eigenvalue weighted by molar-refractivity contribution is 0.102. The summed E-state index contributed by atoms with van der Waals surface area (Å²) in [5, 5.41) is 11.4. The van der Waals surface area contributed by atoms with E-state index in [0.717, 1.165) is 5.69 Å². The number of carbonyl (C=O) groups is 1. The Hall–Kier alpha value is -2.84. The maximum absolute atomic E-state index is 11.9. The van der Waals surface area contributed by atoms with Crippen molar-refractivity contribution in [3.05, 3.63) is 59.7 Å². The first-order valence-corrected chi connectivity index (χ1v) is 5.61. The van der Waals surface area contributed by atoms with E-state index in [9.17, 15) is 4.79 Å². The fourth-order valence-electron chi connectivity index (χ4n) is 1.55. The third-order valence-electron chi connectivity index (χ3n) is 2.59. The zero-order valence-corrected chi connectivity index (χ0v) is 10.1. The number of amides is 1. The number of nitrogens with two attached hydrogens (primary N) is 1. The van der Waals surface area contributed by atoms with Crippen LogP contribution in [0.25, 0.3) is 0 Å². The molecule has 94 valence electrons. The smallest absolute Gasteiger partial charge is 0.255 e. The molecule has 0 radical (unpaired) electrons. The molecule has 0 fully saturated rings. The van der Waals surface area contributed by atoms with Gasteiger partial charge in [-0.3, -0.25) is 10.6 Å². The average molecular weight is 252 g/mol. The first-order chi connectivity index (χ1) is 9.22. The third kappa shape index (κ3) is 3.09. The van der Waals surface area contributed by atoms with Gasteiger partial charge < -0.3 is 10.7 Å². The Morgan fingerprint density at radius 2 is 1.58 bits per heavy atom. The lowest BCUT2D eigenvalue weighted by atomic mass is 10.2. The molecule has 4 N–H and O–H groups in total. The van der Waals surface area contributed by atoms with Gasteiger partial charge in [0.1, 0.15) is 0 Å². The Morgan fingerprint density at radius 3 is 2.11 bits per heavy atom. The second kappa shape index (κ2) is 5.67. The lowest BCUT2D eigenvalue weighted by Gasteiger charge is -2.06. The number of benzene rings is 2. The molecule has 0 saturated heterocycles. The number of carbonyl (C=O) groups excluding carboxylic acids is 1. The van der Waals surface area contributed by atoms with Crippen LogP contribution in [0.4, 0.5) is 11.4 Å². The molecule has 2 rings (SSSR count). The molecule has 19 heavy (non-hydrogen) atoms. The summed E-state index contributed by atoms with van der Waals surface area (Å²) in [6, 6.07) is 15.5. The van der Waals surface area contributed by atoms with Crippen molar-refractivity contribution in [2.75, 3.05) is 10.7 Å². The highest BCUT2D eigenvalue weighted by Gasteiger charge is 2.05. The molecule has 0 atom stereocenters. The van der Waals surface area contributed by atoms with Crippen molar-refractivity contribution in [2.24, 2.45) is 5.84 Å². The molecule has 5 nitrogen and oxygen atoms in total. The number of hydrazine groups is 1. The summed E-state index contributed by atoms with van der Waals surface area (Å²) in [7, 11) is 0. The Labute approximate surface area is 110 Å². The van der Waals surface area contributed by atoms with Gasteiger partial charge in [-0.15, -0.1) is 0 Å². The monoisotopic (exact) mass is 252 g/mol. The lowest BCUT2D eigenvalue weighted by Crippen LogP contribution is -2.12. The summed E-state index contributed by atoms with van der Waals surface area (Å²) in [5.74, 6) is 5.04. The van der Waals surface area contributed by atoms with Crippen molar-refractivity contribution in [1.82, 2.24) is 0 Å². The summed E-state index contributed by atoms with van der Waals surface area (Å²) in [6.45, 7) is 0. The second-order valence-corrected chi connectivity index (χ2v) is 3.86. The molecular formula is C14H12N4O. The average Bonchev–Trinajstić information content (AvgIpc) is 2.48. The van der Waals surface area contributed by atoms with Crippen molar-refractivity contribution in [1.29, 1.82) is 5.26 Å². The first kappa shape index (κ1) is 12.6. The molecule has 0 aromatic heterocycles. The third-order valence-corrected chi connectivity index (χ3v) is 2.59. The Balaban J connectivity index is 2.09. The fourth-order valence-corrected chi connectivity index (χ4v) is 1.55. The number of hydrogen-bond donors (Lipinski definition) is 3. The topological polar surface area (TPSA) is 90.9 Å². The maximum atomic E-state index is 11.9. The highest BCUT2D eigenvalue weighted by molar-refractivity contribution is 6.04. The number of nitriles is 1. The van der Waals surface area contributed by atoms with Crippen LogP contribution in [0, 0.1) is 11.3 Å². The quantitative estimate of drug-likeness (QED) is 0.576. The summed E-state index contributed by atoms with van der Waals surface area (Å²) >= 11 is 0. The SMILES string of the molecule is N#Cc1ccc(NC(=O)c2ccc(NN)cc2)cc1. The van der Waals surface area contributed by atoms with E-state index in [0.29, 0.717) is 16.8 Å². The van der Waals surface area contributed by atoms with Gasteiger partial charge in [0.25, 0.3) is 5.91 Å². The molecule has 5 heteroatoms. The molecule has 0 aliphatic rings. The van der Waals surface area contributed by atoms with E-state index < -0.39 is 0 Å². The Kier molecular flexibility index (Phi) is 3.76. The van der Waals surface area contributed by atoms with Crippen LogP contribution in [0.2, 0.25) is 0 Å². The largest absolute Gasteiger partial charge is 0.324 e. The van der Waals surface area contributed by atoms with E-state index in [1.54, 1.807) is 48.5 Å². The van der Waals surface area contributed by atoms with Gasteiger partial charge in [-0.05, 0) is 48.5 Å². The van der Waals surface area contributed by atoms with Crippen LogP contribution < -0.4 is 16.6 Å². The van der Waals surface area contributed by atoms with Crippen molar-refractivity contribution in [3.8, 4) is 6.07 Å². The number of anilines is 2. The number of nitrogen functional groups attached to an aromatic ring is 1. The van der Waals surface area contributed by atoms with Crippen LogP contribution in [0.1, 0.15) is 15.9 Å². The molecule has 0 heterocycles. The van der Waals surface area contributed by atoms with E-state index >= 15 is 0 Å². The molecule has 0 aliphatic heterocycles. The van der Waals surface area contributed by atoms with Crippen LogP contribution in [-0.4, -0.2) is 5.91 Å². The molecule has 1 amide bonds. The highest BCUT2D eigenvalue weighted by Crippen LogP contribution is 2.12. The minimum Gasteiger partial charge on any atom is -0.324 e. The summed E-state index contributed by atoms with van der Waals surface area (Å²) in [4.78, 5) is 11.9. The second-order valence-electron chi connectivity index (χ2n) is 3.86. The van der Waals surface area contributed by atoms with Crippen molar-refractivity contribution >= 4 is 17.3 Å². The number of rotatable bonds is 3. The molecule has 0 aliphatic carbocycles. The Morgan fingerprint density at radius 1 is 1.00 bits per heavy atom. The predicted molar refractivity (Wildman–Crippen MR) is 73.4 cm³/mol. The minimum absolute atomic E-state index is 0.215. The van der Waals surface area contributed by atoms with Crippen LogP contribution in [0.5, 0.6) is 0 Å². The van der Waals surface area contributed by atoms with Crippen LogP contribution in [-0.2, 0) is 0 Å². The number of nitrogens with zero attached hydrogens (tertiary/aromatic N) is 1. The number of nitrogens with one attached hydrogen (secondary N) is 2. The Bertz CT molecular complexity index is 611. The van der Waals surface area contributed by atoms with E-state index in [1.165, 1.54) is 0 Å². The number of hydrogen-bond acceptors (Lipinski definition) is 4. The standard InChI is InChI=1S/C14H12N4O/c15-9-10-1-5-12(6-2-10)17-14(19)11-3-7-13(18-16)8-4-11/h1-8,18H,16H2,(H,17,19).